The van der Waals surface area contributed by atoms with E-state index in [0.717, 1.165) is 5.56 Å². The Kier molecular flexibility index (Phi) is 6.53. The summed E-state index contributed by atoms with van der Waals surface area (Å²) in [6.07, 6.45) is 0.625. The van der Waals surface area contributed by atoms with Crippen LogP contribution in [0.3, 0.4) is 0 Å². The molecule has 9 heteroatoms. The molecule has 1 aliphatic heterocycles. The Morgan fingerprint density at radius 3 is 2.53 bits per heavy atom. The maximum atomic E-state index is 14.0. The molecular formula is C23H25FN4O4. The van der Waals surface area contributed by atoms with Crippen molar-refractivity contribution in [2.75, 3.05) is 45.3 Å². The van der Waals surface area contributed by atoms with E-state index < -0.39 is 0 Å². The molecule has 0 unspecified atom stereocenters. The van der Waals surface area contributed by atoms with Crippen LogP contribution in [0.25, 0.3) is 11.4 Å². The summed E-state index contributed by atoms with van der Waals surface area (Å²) < 4.78 is 29.9. The van der Waals surface area contributed by atoms with Crippen LogP contribution in [0.1, 0.15) is 12.3 Å². The summed E-state index contributed by atoms with van der Waals surface area (Å²) in [5.74, 6) is 1.78. The van der Waals surface area contributed by atoms with E-state index in [4.69, 9.17) is 14.0 Å². The molecule has 32 heavy (non-hydrogen) atoms. The number of hydrogen-bond donors (Lipinski definition) is 0. The largest absolute Gasteiger partial charge is 0.493 e. The number of amides is 1. The number of benzene rings is 2. The normalized spacial score (nSPS) is 13.8. The average molecular weight is 440 g/mol. The van der Waals surface area contributed by atoms with Gasteiger partial charge in [0.15, 0.2) is 11.5 Å². The molecule has 0 spiro atoms. The first kappa shape index (κ1) is 21.6. The standard InChI is InChI=1S/C23H25FN4O4/c1-30-19-8-7-16(15-20(19)31-2)23-25-21(32-26-23)9-10-22(29)28-13-11-27(12-14-28)18-6-4-3-5-17(18)24/h3-8,15H,9-14H2,1-2H3. The summed E-state index contributed by atoms with van der Waals surface area (Å²) >= 11 is 0. The van der Waals surface area contributed by atoms with Crippen LogP contribution < -0.4 is 14.4 Å². The number of halogens is 1. The first-order chi connectivity index (χ1) is 15.6. The van der Waals surface area contributed by atoms with Crippen molar-refractivity contribution < 1.29 is 23.2 Å². The van der Waals surface area contributed by atoms with E-state index >= 15 is 0 Å². The number of carbonyl (C=O) groups excluding carboxylic acids is 1. The van der Waals surface area contributed by atoms with Gasteiger partial charge in [0.1, 0.15) is 5.82 Å². The van der Waals surface area contributed by atoms with E-state index in [0.29, 0.717) is 61.5 Å². The highest BCUT2D eigenvalue weighted by atomic mass is 19.1. The van der Waals surface area contributed by atoms with Crippen molar-refractivity contribution in [1.29, 1.82) is 0 Å². The Morgan fingerprint density at radius 1 is 1.06 bits per heavy atom. The molecule has 1 fully saturated rings. The van der Waals surface area contributed by atoms with Gasteiger partial charge in [0, 0.05) is 44.6 Å². The zero-order valence-corrected chi connectivity index (χ0v) is 18.1. The zero-order valence-electron chi connectivity index (χ0n) is 18.1. The highest BCUT2D eigenvalue weighted by molar-refractivity contribution is 5.76. The Labute approximate surface area is 185 Å². The number of piperazine rings is 1. The second kappa shape index (κ2) is 9.67. The van der Waals surface area contributed by atoms with E-state index in [-0.39, 0.29) is 18.1 Å². The molecule has 8 nitrogen and oxygen atoms in total. The summed E-state index contributed by atoms with van der Waals surface area (Å²) in [6.45, 7) is 2.29. The molecule has 0 aliphatic carbocycles. The summed E-state index contributed by atoms with van der Waals surface area (Å²) in [4.78, 5) is 20.8. The summed E-state index contributed by atoms with van der Waals surface area (Å²) in [5, 5.41) is 4.01. The van der Waals surface area contributed by atoms with Crippen molar-refractivity contribution in [3.8, 4) is 22.9 Å². The van der Waals surface area contributed by atoms with Crippen molar-refractivity contribution in [2.24, 2.45) is 0 Å². The number of carbonyl (C=O) groups is 1. The fourth-order valence-electron chi connectivity index (χ4n) is 3.73. The molecule has 0 bridgehead atoms. The van der Waals surface area contributed by atoms with Crippen LogP contribution >= 0.6 is 0 Å². The number of ether oxygens (including phenoxy) is 2. The van der Waals surface area contributed by atoms with Gasteiger partial charge < -0.3 is 23.8 Å². The molecular weight excluding hydrogens is 415 g/mol. The third-order valence-corrected chi connectivity index (χ3v) is 5.49. The van der Waals surface area contributed by atoms with Gasteiger partial charge in [0.05, 0.1) is 19.9 Å². The second-order valence-corrected chi connectivity index (χ2v) is 7.40. The van der Waals surface area contributed by atoms with Crippen molar-refractivity contribution >= 4 is 11.6 Å². The number of rotatable bonds is 7. The summed E-state index contributed by atoms with van der Waals surface area (Å²) in [5.41, 5.74) is 1.31. The second-order valence-electron chi connectivity index (χ2n) is 7.40. The van der Waals surface area contributed by atoms with Crippen LogP contribution in [0.4, 0.5) is 10.1 Å². The zero-order chi connectivity index (χ0) is 22.5. The average Bonchev–Trinajstić information content (AvgIpc) is 3.31. The van der Waals surface area contributed by atoms with Gasteiger partial charge in [-0.2, -0.15) is 4.98 Å². The SMILES string of the molecule is COc1ccc(-c2noc(CCC(=O)N3CCN(c4ccccc4F)CC3)n2)cc1OC. The van der Waals surface area contributed by atoms with Gasteiger partial charge in [-0.3, -0.25) is 4.79 Å². The van der Waals surface area contributed by atoms with Gasteiger partial charge in [-0.05, 0) is 30.3 Å². The van der Waals surface area contributed by atoms with Crippen molar-refractivity contribution in [1.82, 2.24) is 15.0 Å². The lowest BCUT2D eigenvalue weighted by Crippen LogP contribution is -2.49. The maximum Gasteiger partial charge on any atom is 0.227 e. The predicted octanol–water partition coefficient (Wildman–Crippen LogP) is 3.17. The number of aryl methyl sites for hydroxylation is 1. The van der Waals surface area contributed by atoms with Crippen LogP contribution in [0, 0.1) is 5.82 Å². The molecule has 0 radical (unpaired) electrons. The van der Waals surface area contributed by atoms with E-state index in [1.807, 2.05) is 17.0 Å². The van der Waals surface area contributed by atoms with Crippen LogP contribution in [-0.4, -0.2) is 61.3 Å². The van der Waals surface area contributed by atoms with Crippen molar-refractivity contribution in [3.63, 3.8) is 0 Å². The molecule has 2 aromatic carbocycles. The quantitative estimate of drug-likeness (QED) is 0.558. The summed E-state index contributed by atoms with van der Waals surface area (Å²) in [7, 11) is 3.13. The first-order valence-electron chi connectivity index (χ1n) is 10.4. The lowest BCUT2D eigenvalue weighted by atomic mass is 10.2. The highest BCUT2D eigenvalue weighted by Crippen LogP contribution is 2.31. The molecule has 1 saturated heterocycles. The molecule has 2 heterocycles. The molecule has 1 aliphatic rings. The number of aromatic nitrogens is 2. The van der Waals surface area contributed by atoms with Crippen molar-refractivity contribution in [2.45, 2.75) is 12.8 Å². The highest BCUT2D eigenvalue weighted by Gasteiger charge is 2.23. The number of hydrogen-bond acceptors (Lipinski definition) is 7. The lowest BCUT2D eigenvalue weighted by molar-refractivity contribution is -0.131. The molecule has 1 aromatic heterocycles. The maximum absolute atomic E-state index is 14.0. The van der Waals surface area contributed by atoms with E-state index in [1.165, 1.54) is 6.07 Å². The monoisotopic (exact) mass is 440 g/mol. The number of para-hydroxylation sites is 1. The van der Waals surface area contributed by atoms with Gasteiger partial charge >= 0.3 is 0 Å². The molecule has 3 aromatic rings. The minimum absolute atomic E-state index is 0.0176. The third-order valence-electron chi connectivity index (χ3n) is 5.49. The van der Waals surface area contributed by atoms with Gasteiger partial charge in [-0.1, -0.05) is 17.3 Å². The van der Waals surface area contributed by atoms with Crippen LogP contribution in [0.2, 0.25) is 0 Å². The fraction of sp³-hybridized carbons (Fsp3) is 0.348. The predicted molar refractivity (Wildman–Crippen MR) is 116 cm³/mol. The number of nitrogens with zero attached hydrogens (tertiary/aromatic N) is 4. The van der Waals surface area contributed by atoms with Crippen LogP contribution in [0.5, 0.6) is 11.5 Å². The molecule has 0 N–H and O–H groups in total. The van der Waals surface area contributed by atoms with Crippen LogP contribution in [0.15, 0.2) is 47.0 Å². The Balaban J connectivity index is 1.31. The van der Waals surface area contributed by atoms with E-state index in [1.54, 1.807) is 43.4 Å². The van der Waals surface area contributed by atoms with Gasteiger partial charge in [0.25, 0.3) is 0 Å². The smallest absolute Gasteiger partial charge is 0.227 e. The molecule has 0 saturated carbocycles. The van der Waals surface area contributed by atoms with Gasteiger partial charge in [-0.15, -0.1) is 0 Å². The first-order valence-corrected chi connectivity index (χ1v) is 10.4. The minimum atomic E-state index is -0.242. The molecule has 0 atom stereocenters. The van der Waals surface area contributed by atoms with E-state index in [2.05, 4.69) is 10.1 Å². The third kappa shape index (κ3) is 4.66. The van der Waals surface area contributed by atoms with E-state index in [9.17, 15) is 9.18 Å². The lowest BCUT2D eigenvalue weighted by Gasteiger charge is -2.36. The minimum Gasteiger partial charge on any atom is -0.493 e. The topological polar surface area (TPSA) is 80.9 Å². The van der Waals surface area contributed by atoms with Gasteiger partial charge in [-0.25, -0.2) is 4.39 Å². The Morgan fingerprint density at radius 2 is 1.81 bits per heavy atom. The molecule has 168 valence electrons. The number of anilines is 1. The van der Waals surface area contributed by atoms with Crippen molar-refractivity contribution in [3.05, 3.63) is 54.2 Å². The fourth-order valence-corrected chi connectivity index (χ4v) is 3.73. The molecule has 4 rings (SSSR count). The summed E-state index contributed by atoms with van der Waals surface area (Å²) in [6, 6.07) is 12.1. The van der Waals surface area contributed by atoms with Crippen LogP contribution in [-0.2, 0) is 11.2 Å². The Bertz CT molecular complexity index is 1080. The Hall–Kier alpha value is -3.62. The number of methoxy groups -OCH3 is 2. The molecule has 1 amide bonds. The van der Waals surface area contributed by atoms with Gasteiger partial charge in [0.2, 0.25) is 17.6 Å².